The van der Waals surface area contributed by atoms with Crippen LogP contribution in [0.1, 0.15) is 0 Å². The van der Waals surface area contributed by atoms with Crippen molar-refractivity contribution in [3.63, 3.8) is 0 Å². The molecule has 2 aromatic carbocycles. The van der Waals surface area contributed by atoms with E-state index in [9.17, 15) is 18.1 Å². The summed E-state index contributed by atoms with van der Waals surface area (Å²) < 4.78 is 32.9. The second-order valence-electron chi connectivity index (χ2n) is 3.29. The van der Waals surface area contributed by atoms with Crippen LogP contribution in [0.3, 0.4) is 0 Å². The molecule has 0 saturated carbocycles. The van der Waals surface area contributed by atoms with E-state index >= 15 is 0 Å². The van der Waals surface area contributed by atoms with Crippen LogP contribution in [0.2, 0.25) is 0 Å². The summed E-state index contributed by atoms with van der Waals surface area (Å²) in [7, 11) is -4.61. The van der Waals surface area contributed by atoms with Gasteiger partial charge in [0.1, 0.15) is 10.1 Å². The minimum absolute atomic E-state index is 0. The van der Waals surface area contributed by atoms with Gasteiger partial charge in [-0.25, -0.2) is 8.42 Å². The number of rotatable bonds is 1. The van der Waals surface area contributed by atoms with Crippen molar-refractivity contribution in [1.29, 1.82) is 0 Å². The van der Waals surface area contributed by atoms with Gasteiger partial charge < -0.3 is 15.4 Å². The number of fused-ring (bicyclic) bond motifs is 1. The van der Waals surface area contributed by atoms with Gasteiger partial charge in [-0.2, -0.15) is 0 Å². The second-order valence-corrected chi connectivity index (χ2v) is 4.63. The van der Waals surface area contributed by atoms with Crippen LogP contribution in [0.5, 0.6) is 5.75 Å². The Bertz CT molecular complexity index is 667. The predicted molar refractivity (Wildman–Crippen MR) is 55.8 cm³/mol. The van der Waals surface area contributed by atoms with Crippen LogP contribution in [-0.4, -0.2) is 13.0 Å². The van der Waals surface area contributed by atoms with Crippen LogP contribution in [0, 0.1) is 0 Å². The van der Waals surface area contributed by atoms with E-state index in [2.05, 4.69) is 0 Å². The third-order valence-corrected chi connectivity index (χ3v) is 3.16. The SMILES string of the molecule is Nc1ccc(S(=O)(=O)[O-])c2cccc([O-])c12.[K+].[Na+]. The molecule has 0 aliphatic carbocycles. The van der Waals surface area contributed by atoms with E-state index in [1.165, 1.54) is 24.3 Å². The number of hydrogen-bond donors (Lipinski definition) is 1. The molecule has 0 atom stereocenters. The molecule has 0 heterocycles. The Morgan fingerprint density at radius 1 is 1.11 bits per heavy atom. The smallest absolute Gasteiger partial charge is 0.872 e. The number of nitrogen functional groups attached to an aromatic ring is 1. The Kier molecular flexibility index (Phi) is 7.36. The number of benzene rings is 2. The van der Waals surface area contributed by atoms with Crippen LogP contribution in [0.4, 0.5) is 5.69 Å². The standard InChI is InChI=1S/C10H9NO4S.K.Na/c11-7-4-5-9(16(13,14)15)6-2-1-3-8(12)10(6)7;;/h1-5,12H,11H2,(H,13,14,15);;/q;2*+1/p-2. The molecule has 2 aromatic rings. The maximum absolute atomic E-state index is 11.5. The molecule has 84 valence electrons. The number of nitrogens with two attached hydrogens (primary N) is 1. The molecule has 0 fully saturated rings. The van der Waals surface area contributed by atoms with E-state index in [1.54, 1.807) is 0 Å². The molecule has 0 bridgehead atoms. The van der Waals surface area contributed by atoms with Crippen LogP contribution < -0.4 is 91.8 Å². The van der Waals surface area contributed by atoms with Crippen molar-refractivity contribution < 1.29 is 99.0 Å². The quantitative estimate of drug-likeness (QED) is 0.321. The summed E-state index contributed by atoms with van der Waals surface area (Å²) in [5.74, 6) is -0.402. The first kappa shape index (κ1) is 18.8. The molecule has 0 aliphatic rings. The third kappa shape index (κ3) is 3.69. The average molecular weight is 299 g/mol. The van der Waals surface area contributed by atoms with Crippen molar-refractivity contribution in [2.75, 3.05) is 5.73 Å². The van der Waals surface area contributed by atoms with Crippen molar-refractivity contribution in [1.82, 2.24) is 0 Å². The van der Waals surface area contributed by atoms with E-state index in [1.807, 2.05) is 0 Å². The second kappa shape index (κ2) is 7.03. The molecule has 0 saturated heterocycles. The van der Waals surface area contributed by atoms with E-state index in [-0.39, 0.29) is 97.4 Å². The first-order valence-electron chi connectivity index (χ1n) is 4.35. The minimum Gasteiger partial charge on any atom is -0.872 e. The van der Waals surface area contributed by atoms with Gasteiger partial charge in [-0.05, 0) is 17.5 Å². The summed E-state index contributed by atoms with van der Waals surface area (Å²) >= 11 is 0. The monoisotopic (exact) mass is 299 g/mol. The largest absolute Gasteiger partial charge is 1.00 e. The summed E-state index contributed by atoms with van der Waals surface area (Å²) in [6.07, 6.45) is 0. The normalized spacial score (nSPS) is 10.5. The van der Waals surface area contributed by atoms with E-state index in [4.69, 9.17) is 5.73 Å². The van der Waals surface area contributed by atoms with Crippen molar-refractivity contribution in [2.45, 2.75) is 4.90 Å². The van der Waals surface area contributed by atoms with E-state index in [0.717, 1.165) is 6.07 Å². The molecule has 2 rings (SSSR count). The van der Waals surface area contributed by atoms with Gasteiger partial charge in [-0.3, -0.25) is 0 Å². The Morgan fingerprint density at radius 3 is 2.28 bits per heavy atom. The molecular formula is C10H7KNNaO4S. The topological polar surface area (TPSA) is 106 Å². The summed E-state index contributed by atoms with van der Waals surface area (Å²) in [4.78, 5) is -0.422. The van der Waals surface area contributed by atoms with Crippen LogP contribution in [-0.2, 0) is 10.1 Å². The molecule has 5 nitrogen and oxygen atoms in total. The van der Waals surface area contributed by atoms with Gasteiger partial charge in [-0.1, -0.05) is 23.9 Å². The first-order valence-corrected chi connectivity index (χ1v) is 5.76. The zero-order valence-electron chi connectivity index (χ0n) is 10.0. The Morgan fingerprint density at radius 2 is 1.72 bits per heavy atom. The summed E-state index contributed by atoms with van der Waals surface area (Å²) in [5.41, 5.74) is 5.73. The molecule has 0 unspecified atom stereocenters. The molecule has 2 N–H and O–H groups in total. The summed E-state index contributed by atoms with van der Waals surface area (Å²) in [6.45, 7) is 0. The number of anilines is 1. The maximum atomic E-state index is 11.5. The molecule has 0 spiro atoms. The maximum Gasteiger partial charge on any atom is 1.00 e. The van der Waals surface area contributed by atoms with Crippen molar-refractivity contribution in [2.24, 2.45) is 0 Å². The molecule has 0 aromatic heterocycles. The molecule has 0 amide bonds. The van der Waals surface area contributed by atoms with Crippen LogP contribution in [0.25, 0.3) is 10.8 Å². The fraction of sp³-hybridized carbons (Fsp3) is 0. The fourth-order valence-corrected chi connectivity index (χ4v) is 2.26. The van der Waals surface area contributed by atoms with Crippen LogP contribution >= 0.6 is 0 Å². The van der Waals surface area contributed by atoms with Gasteiger partial charge >= 0.3 is 80.9 Å². The Hall–Kier alpha value is 0.846. The minimum atomic E-state index is -4.61. The van der Waals surface area contributed by atoms with Crippen molar-refractivity contribution >= 4 is 26.6 Å². The summed E-state index contributed by atoms with van der Waals surface area (Å²) in [6, 6.07) is 6.39. The van der Waals surface area contributed by atoms with Crippen molar-refractivity contribution in [3.05, 3.63) is 30.3 Å². The fourth-order valence-electron chi connectivity index (χ4n) is 1.59. The van der Waals surface area contributed by atoms with Gasteiger partial charge in [0.15, 0.2) is 0 Å². The molecule has 0 aliphatic heterocycles. The molecule has 8 heteroatoms. The van der Waals surface area contributed by atoms with E-state index in [0.29, 0.717) is 0 Å². The zero-order valence-corrected chi connectivity index (χ0v) is 15.9. The first-order chi connectivity index (χ1) is 7.41. The predicted octanol–water partition coefficient (Wildman–Crippen LogP) is -5.59. The van der Waals surface area contributed by atoms with Crippen molar-refractivity contribution in [3.8, 4) is 5.75 Å². The summed E-state index contributed by atoms with van der Waals surface area (Å²) in [5, 5.41) is 11.6. The Labute approximate surface area is 169 Å². The van der Waals surface area contributed by atoms with E-state index < -0.39 is 20.8 Å². The van der Waals surface area contributed by atoms with Gasteiger partial charge in [0.25, 0.3) is 0 Å². The average Bonchev–Trinajstić information content (AvgIpc) is 2.16. The molecular weight excluding hydrogens is 292 g/mol. The molecule has 0 radical (unpaired) electrons. The number of hydrogen-bond acceptors (Lipinski definition) is 5. The zero-order chi connectivity index (χ0) is 11.9. The molecule has 18 heavy (non-hydrogen) atoms. The van der Waals surface area contributed by atoms with Gasteiger partial charge in [-0.15, -0.1) is 0 Å². The van der Waals surface area contributed by atoms with Crippen LogP contribution in [0.15, 0.2) is 35.2 Å². The third-order valence-electron chi connectivity index (χ3n) is 2.26. The Balaban J connectivity index is 0.00000144. The van der Waals surface area contributed by atoms with Gasteiger partial charge in [0, 0.05) is 11.1 Å². The van der Waals surface area contributed by atoms with Gasteiger partial charge in [0.05, 0.1) is 4.90 Å². The van der Waals surface area contributed by atoms with Gasteiger partial charge in [0.2, 0.25) is 0 Å².